The highest BCUT2D eigenvalue weighted by atomic mass is 16.2. The van der Waals surface area contributed by atoms with Gasteiger partial charge < -0.3 is 20.0 Å². The molecule has 4 heterocycles. The number of nitrogens with zero attached hydrogens (tertiary/aromatic N) is 5. The molecular formula is C25H40N6O. The first-order valence-corrected chi connectivity index (χ1v) is 13.1. The third-order valence-corrected chi connectivity index (χ3v) is 7.78. The molecular weight excluding hydrogens is 400 g/mol. The average Bonchev–Trinajstić information content (AvgIpc) is 3.49. The molecule has 0 bridgehead atoms. The summed E-state index contributed by atoms with van der Waals surface area (Å²) in [5.41, 5.74) is 0. The molecule has 2 atom stereocenters. The quantitative estimate of drug-likeness (QED) is 0.669. The summed E-state index contributed by atoms with van der Waals surface area (Å²) in [7, 11) is 0. The van der Waals surface area contributed by atoms with Gasteiger partial charge in [-0.1, -0.05) is 0 Å². The van der Waals surface area contributed by atoms with Crippen molar-refractivity contribution in [3.8, 4) is 0 Å². The second-order valence-electron chi connectivity index (χ2n) is 10.5. The number of carbonyl (C=O) groups excluding carboxylic acids is 1. The van der Waals surface area contributed by atoms with Gasteiger partial charge in [-0.15, -0.1) is 0 Å². The lowest BCUT2D eigenvalue weighted by Gasteiger charge is -2.36. The summed E-state index contributed by atoms with van der Waals surface area (Å²) >= 11 is 0. The maximum Gasteiger partial charge on any atom is 0.222 e. The third kappa shape index (κ3) is 5.91. The minimum absolute atomic E-state index is 0.381. The molecule has 176 valence electrons. The fourth-order valence-electron chi connectivity index (χ4n) is 5.80. The van der Waals surface area contributed by atoms with Crippen LogP contribution in [0.4, 0.5) is 11.6 Å². The van der Waals surface area contributed by atoms with E-state index in [9.17, 15) is 4.79 Å². The Kier molecular flexibility index (Phi) is 7.10. The zero-order valence-electron chi connectivity index (χ0n) is 19.6. The summed E-state index contributed by atoms with van der Waals surface area (Å²) in [5.74, 6) is 3.61. The van der Waals surface area contributed by atoms with Crippen LogP contribution in [0, 0.1) is 11.8 Å². The van der Waals surface area contributed by atoms with E-state index in [2.05, 4.69) is 36.1 Å². The van der Waals surface area contributed by atoms with Gasteiger partial charge >= 0.3 is 0 Å². The molecule has 3 saturated heterocycles. The van der Waals surface area contributed by atoms with E-state index < -0.39 is 0 Å². The number of anilines is 2. The fourth-order valence-corrected chi connectivity index (χ4v) is 5.80. The normalized spacial score (nSPS) is 27.0. The molecule has 1 amide bonds. The van der Waals surface area contributed by atoms with Gasteiger partial charge in [-0.3, -0.25) is 4.79 Å². The van der Waals surface area contributed by atoms with Crippen molar-refractivity contribution in [1.29, 1.82) is 0 Å². The van der Waals surface area contributed by atoms with Crippen LogP contribution < -0.4 is 10.2 Å². The van der Waals surface area contributed by atoms with Crippen molar-refractivity contribution in [2.75, 3.05) is 56.0 Å². The van der Waals surface area contributed by atoms with Gasteiger partial charge in [-0.2, -0.15) is 0 Å². The molecule has 7 heteroatoms. The Morgan fingerprint density at radius 3 is 2.59 bits per heavy atom. The second kappa shape index (κ2) is 10.4. The van der Waals surface area contributed by atoms with Gasteiger partial charge in [0, 0.05) is 51.3 Å². The molecule has 1 saturated carbocycles. The first-order valence-electron chi connectivity index (χ1n) is 13.1. The highest BCUT2D eigenvalue weighted by molar-refractivity contribution is 5.76. The third-order valence-electron chi connectivity index (χ3n) is 7.78. The van der Waals surface area contributed by atoms with E-state index in [1.54, 1.807) is 6.33 Å². The van der Waals surface area contributed by atoms with Crippen LogP contribution in [0.2, 0.25) is 0 Å². The summed E-state index contributed by atoms with van der Waals surface area (Å²) < 4.78 is 0. The lowest BCUT2D eigenvalue weighted by atomic mass is 9.92. The average molecular weight is 441 g/mol. The van der Waals surface area contributed by atoms with Crippen molar-refractivity contribution in [2.24, 2.45) is 11.8 Å². The smallest absolute Gasteiger partial charge is 0.222 e. The van der Waals surface area contributed by atoms with Crippen LogP contribution >= 0.6 is 0 Å². The molecule has 3 aliphatic heterocycles. The number of carbonyl (C=O) groups is 1. The number of rotatable bonds is 8. The first-order chi connectivity index (χ1) is 15.7. The molecule has 2 unspecified atom stereocenters. The summed E-state index contributed by atoms with van der Waals surface area (Å²) in [6, 6.07) is 2.70. The number of piperidine rings is 2. The van der Waals surface area contributed by atoms with E-state index in [0.29, 0.717) is 30.2 Å². The second-order valence-corrected chi connectivity index (χ2v) is 10.5. The molecule has 0 radical (unpaired) electrons. The van der Waals surface area contributed by atoms with Crippen LogP contribution in [0.5, 0.6) is 0 Å². The highest BCUT2D eigenvalue weighted by Crippen LogP contribution is 2.28. The molecule has 5 rings (SSSR count). The standard InChI is InChI=1S/C25H40N6O/c32-25(31-14-4-6-21(18-31)16-29-11-1-2-12-29)10-7-20-5-3-13-30(17-20)24-15-23(26-19-27-24)28-22-8-9-22/h15,19-22H,1-14,16-18H2,(H,26,27,28). The molecule has 4 aliphatic rings. The summed E-state index contributed by atoms with van der Waals surface area (Å²) in [4.78, 5) is 29.1. The van der Waals surface area contributed by atoms with Crippen LogP contribution in [0.25, 0.3) is 0 Å². The van der Waals surface area contributed by atoms with Crippen LogP contribution in [-0.4, -0.2) is 77.5 Å². The number of aromatic nitrogens is 2. The number of likely N-dealkylation sites (tertiary alicyclic amines) is 2. The van der Waals surface area contributed by atoms with Crippen molar-refractivity contribution >= 4 is 17.5 Å². The lowest BCUT2D eigenvalue weighted by Crippen LogP contribution is -2.43. The van der Waals surface area contributed by atoms with Crippen molar-refractivity contribution in [3.05, 3.63) is 12.4 Å². The topological polar surface area (TPSA) is 64.6 Å². The SMILES string of the molecule is O=C(CCC1CCCN(c2cc(NC3CC3)ncn2)C1)N1CCCC(CN2CCCC2)C1. The zero-order chi connectivity index (χ0) is 21.8. The zero-order valence-corrected chi connectivity index (χ0v) is 19.6. The van der Waals surface area contributed by atoms with Gasteiger partial charge in [0.1, 0.15) is 18.0 Å². The van der Waals surface area contributed by atoms with E-state index in [0.717, 1.165) is 44.2 Å². The van der Waals surface area contributed by atoms with E-state index in [4.69, 9.17) is 0 Å². The summed E-state index contributed by atoms with van der Waals surface area (Å²) in [6.07, 6.45) is 13.4. The predicted molar refractivity (Wildman–Crippen MR) is 128 cm³/mol. The van der Waals surface area contributed by atoms with E-state index in [1.807, 2.05) is 0 Å². The molecule has 1 aliphatic carbocycles. The number of nitrogens with one attached hydrogen (secondary N) is 1. The van der Waals surface area contributed by atoms with Crippen molar-refractivity contribution in [2.45, 2.75) is 70.3 Å². The fraction of sp³-hybridized carbons (Fsp3) is 0.800. The van der Waals surface area contributed by atoms with Gasteiger partial charge in [-0.05, 0) is 82.7 Å². The first kappa shape index (κ1) is 21.9. The largest absolute Gasteiger partial charge is 0.367 e. The Morgan fingerprint density at radius 2 is 1.75 bits per heavy atom. The Balaban J connectivity index is 1.08. The van der Waals surface area contributed by atoms with E-state index >= 15 is 0 Å². The highest BCUT2D eigenvalue weighted by Gasteiger charge is 2.28. The maximum atomic E-state index is 13.0. The van der Waals surface area contributed by atoms with Crippen LogP contribution in [0.15, 0.2) is 12.4 Å². The van der Waals surface area contributed by atoms with E-state index in [1.165, 1.54) is 71.0 Å². The lowest BCUT2D eigenvalue weighted by molar-refractivity contribution is -0.133. The van der Waals surface area contributed by atoms with E-state index in [-0.39, 0.29) is 0 Å². The van der Waals surface area contributed by atoms with Gasteiger partial charge in [0.2, 0.25) is 5.91 Å². The van der Waals surface area contributed by atoms with Gasteiger partial charge in [0.25, 0.3) is 0 Å². The minimum Gasteiger partial charge on any atom is -0.367 e. The van der Waals surface area contributed by atoms with Gasteiger partial charge in [-0.25, -0.2) is 9.97 Å². The molecule has 1 aromatic heterocycles. The molecule has 32 heavy (non-hydrogen) atoms. The minimum atomic E-state index is 0.381. The molecule has 7 nitrogen and oxygen atoms in total. The molecule has 0 aromatic carbocycles. The predicted octanol–water partition coefficient (Wildman–Crippen LogP) is 3.38. The summed E-state index contributed by atoms with van der Waals surface area (Å²) in [5, 5.41) is 3.48. The van der Waals surface area contributed by atoms with Crippen molar-refractivity contribution in [1.82, 2.24) is 19.8 Å². The van der Waals surface area contributed by atoms with Crippen molar-refractivity contribution < 1.29 is 4.79 Å². The van der Waals surface area contributed by atoms with Gasteiger partial charge in [0.05, 0.1) is 0 Å². The Morgan fingerprint density at radius 1 is 0.938 bits per heavy atom. The molecule has 1 N–H and O–H groups in total. The summed E-state index contributed by atoms with van der Waals surface area (Å²) in [6.45, 7) is 7.70. The van der Waals surface area contributed by atoms with Crippen LogP contribution in [-0.2, 0) is 4.79 Å². The number of amides is 1. The van der Waals surface area contributed by atoms with Crippen LogP contribution in [0.3, 0.4) is 0 Å². The van der Waals surface area contributed by atoms with Crippen LogP contribution in [0.1, 0.15) is 64.2 Å². The Bertz CT molecular complexity index is 763. The molecule has 0 spiro atoms. The van der Waals surface area contributed by atoms with Crippen molar-refractivity contribution in [3.63, 3.8) is 0 Å². The molecule has 1 aromatic rings. The Labute approximate surface area is 193 Å². The van der Waals surface area contributed by atoms with Gasteiger partial charge in [0.15, 0.2) is 0 Å². The Hall–Kier alpha value is -1.89. The molecule has 4 fully saturated rings. The maximum absolute atomic E-state index is 13.0. The monoisotopic (exact) mass is 440 g/mol. The number of hydrogen-bond donors (Lipinski definition) is 1. The number of hydrogen-bond acceptors (Lipinski definition) is 6.